The van der Waals surface area contributed by atoms with Crippen molar-refractivity contribution in [3.63, 3.8) is 0 Å². The van der Waals surface area contributed by atoms with Crippen molar-refractivity contribution < 1.29 is 55.3 Å². The van der Waals surface area contributed by atoms with Crippen molar-refractivity contribution in [2.24, 2.45) is 0 Å². The summed E-state index contributed by atoms with van der Waals surface area (Å²) >= 11 is 0. The summed E-state index contributed by atoms with van der Waals surface area (Å²) in [5, 5.41) is 0. The first kappa shape index (κ1) is 11.3. The third kappa shape index (κ3) is 11.2. The van der Waals surface area contributed by atoms with E-state index in [0.717, 1.165) is 6.66 Å². The second-order valence-electron chi connectivity index (χ2n) is 0.986. The van der Waals surface area contributed by atoms with Crippen LogP contribution < -0.4 is 0 Å². The van der Waals surface area contributed by atoms with Gasteiger partial charge in [0.05, 0.1) is 0 Å². The monoisotopic (exact) mass is 251 g/mol. The van der Waals surface area contributed by atoms with Gasteiger partial charge in [-0.3, -0.25) is 4.57 Å². The molecule has 0 saturated heterocycles. The predicted octanol–water partition coefficient (Wildman–Crippen LogP) is 0.448. The molecule has 0 aromatic carbocycles. The van der Waals surface area contributed by atoms with Crippen LogP contribution in [0.3, 0.4) is 0 Å². The minimum atomic E-state index is -3.15. The Kier molecular flexibility index (Phi) is 7.12. The molecule has 1 atom stereocenters. The van der Waals surface area contributed by atoms with Crippen LogP contribution in [0.1, 0.15) is 0 Å². The van der Waals surface area contributed by atoms with Crippen LogP contribution in [-0.2, 0) is 9.09 Å². The molecule has 0 aliphatic heterocycles. The molecule has 0 aliphatic rings. The van der Waals surface area contributed by atoms with Crippen LogP contribution in [0.15, 0.2) is 0 Å². The van der Waals surface area contributed by atoms with E-state index in [1.165, 1.54) is 7.11 Å². The Labute approximate surface area is 75.9 Å². The first-order chi connectivity index (χ1) is 2.56. The maximum absolute atomic E-state index is 9.92. The Morgan fingerprint density at radius 3 is 1.86 bits per heavy atom. The van der Waals surface area contributed by atoms with E-state index in [0.29, 0.717) is 0 Å². The van der Waals surface area contributed by atoms with Crippen LogP contribution in [0.5, 0.6) is 0 Å². The molecule has 1 N–H and O–H groups in total. The van der Waals surface area contributed by atoms with Gasteiger partial charge in [0.1, 0.15) is 0 Å². The van der Waals surface area contributed by atoms with Crippen LogP contribution >= 0.6 is 7.60 Å². The zero-order chi connectivity index (χ0) is 5.21. The van der Waals surface area contributed by atoms with E-state index in [-0.39, 0.29) is 41.3 Å². The SMILES string of the molecule is COP(C)(=O)O.[Pr]. The van der Waals surface area contributed by atoms with Gasteiger partial charge >= 0.3 is 7.60 Å². The van der Waals surface area contributed by atoms with Crippen molar-refractivity contribution in [1.82, 2.24) is 0 Å². The van der Waals surface area contributed by atoms with E-state index in [9.17, 15) is 4.57 Å². The summed E-state index contributed by atoms with van der Waals surface area (Å²) in [7, 11) is -1.95. The molecule has 41 valence electrons. The van der Waals surface area contributed by atoms with Crippen LogP contribution in [0.4, 0.5) is 0 Å². The van der Waals surface area contributed by atoms with Crippen LogP contribution in [0, 0.1) is 41.3 Å². The van der Waals surface area contributed by atoms with Gasteiger partial charge in [-0.15, -0.1) is 0 Å². The summed E-state index contributed by atoms with van der Waals surface area (Å²) in [6.07, 6.45) is 0. The quantitative estimate of drug-likeness (QED) is 0.688. The molecule has 5 heteroatoms. The summed E-state index contributed by atoms with van der Waals surface area (Å²) in [5.74, 6) is 0. The minimum absolute atomic E-state index is 0. The number of hydrogen-bond acceptors (Lipinski definition) is 2. The fraction of sp³-hybridized carbons (Fsp3) is 1.00. The van der Waals surface area contributed by atoms with E-state index in [2.05, 4.69) is 4.52 Å². The Morgan fingerprint density at radius 2 is 1.86 bits per heavy atom. The second kappa shape index (κ2) is 4.40. The van der Waals surface area contributed by atoms with E-state index < -0.39 is 7.60 Å². The minimum Gasteiger partial charge on any atom is -0.324 e. The Bertz CT molecular complexity index is 77.0. The summed E-state index contributed by atoms with van der Waals surface area (Å²) in [6, 6.07) is 0. The van der Waals surface area contributed by atoms with Gasteiger partial charge < -0.3 is 9.42 Å². The second-order valence-corrected chi connectivity index (χ2v) is 2.96. The van der Waals surface area contributed by atoms with Gasteiger partial charge in [-0.2, -0.15) is 0 Å². The van der Waals surface area contributed by atoms with Crippen LogP contribution in [0.25, 0.3) is 0 Å². The van der Waals surface area contributed by atoms with E-state index in [1.807, 2.05) is 0 Å². The van der Waals surface area contributed by atoms with Crippen molar-refractivity contribution in [3.8, 4) is 0 Å². The standard InChI is InChI=1S/C2H7O3P.Pr/c1-5-6(2,3)4;/h1-2H3,(H,3,4);. The van der Waals surface area contributed by atoms with Gasteiger partial charge in [-0.25, -0.2) is 0 Å². The first-order valence-electron chi connectivity index (χ1n) is 1.42. The normalized spacial score (nSPS) is 17.0. The smallest absolute Gasteiger partial charge is 0.324 e. The molecule has 0 aromatic heterocycles. The van der Waals surface area contributed by atoms with E-state index >= 15 is 0 Å². The van der Waals surface area contributed by atoms with Crippen molar-refractivity contribution in [2.75, 3.05) is 13.8 Å². The molecule has 1 unspecified atom stereocenters. The maximum Gasteiger partial charge on any atom is 0.324 e. The number of hydrogen-bond donors (Lipinski definition) is 1. The summed E-state index contributed by atoms with van der Waals surface area (Å²) in [5.41, 5.74) is 0. The molecule has 0 rings (SSSR count). The molecule has 0 aliphatic carbocycles. The molecule has 0 fully saturated rings. The van der Waals surface area contributed by atoms with Gasteiger partial charge in [-0.1, -0.05) is 0 Å². The van der Waals surface area contributed by atoms with Gasteiger partial charge in [0.15, 0.2) is 0 Å². The molecule has 0 bridgehead atoms. The Hall–Kier alpha value is 1.51. The molecular weight excluding hydrogens is 244 g/mol. The zero-order valence-corrected chi connectivity index (χ0v) is 8.89. The van der Waals surface area contributed by atoms with E-state index in [1.54, 1.807) is 0 Å². The average Bonchev–Trinajstić information content (AvgIpc) is 1.35. The Morgan fingerprint density at radius 1 is 1.71 bits per heavy atom. The molecule has 0 aromatic rings. The average molecular weight is 251 g/mol. The van der Waals surface area contributed by atoms with Crippen molar-refractivity contribution in [1.29, 1.82) is 0 Å². The van der Waals surface area contributed by atoms with Gasteiger partial charge in [0.25, 0.3) is 0 Å². The zero-order valence-electron chi connectivity index (χ0n) is 4.29. The summed E-state index contributed by atoms with van der Waals surface area (Å²) in [6.45, 7) is 1.13. The Balaban J connectivity index is 0. The van der Waals surface area contributed by atoms with Crippen molar-refractivity contribution in [3.05, 3.63) is 0 Å². The molecule has 0 saturated carbocycles. The van der Waals surface area contributed by atoms with Gasteiger partial charge in [0.2, 0.25) is 0 Å². The predicted molar refractivity (Wildman–Crippen MR) is 22.8 cm³/mol. The van der Waals surface area contributed by atoms with Crippen LogP contribution in [-0.4, -0.2) is 18.7 Å². The molecule has 0 heterocycles. The van der Waals surface area contributed by atoms with Crippen molar-refractivity contribution in [2.45, 2.75) is 0 Å². The van der Waals surface area contributed by atoms with E-state index in [4.69, 9.17) is 4.89 Å². The van der Waals surface area contributed by atoms with Gasteiger partial charge in [0, 0.05) is 55.1 Å². The summed E-state index contributed by atoms with van der Waals surface area (Å²) in [4.78, 5) is 8.16. The number of rotatable bonds is 1. The maximum atomic E-state index is 9.92. The molecule has 7 heavy (non-hydrogen) atoms. The summed E-state index contributed by atoms with van der Waals surface area (Å²) < 4.78 is 14.0. The molecule has 0 spiro atoms. The van der Waals surface area contributed by atoms with Crippen LogP contribution in [0.2, 0.25) is 0 Å². The molecular formula is C2H7O3PPr. The first-order valence-corrected chi connectivity index (χ1v) is 3.45. The largest absolute Gasteiger partial charge is 0.324 e. The molecule has 1 radical (unpaired) electrons. The van der Waals surface area contributed by atoms with Gasteiger partial charge in [-0.05, 0) is 0 Å². The third-order valence-corrected chi connectivity index (χ3v) is 1.02. The fourth-order valence-electron chi connectivity index (χ4n) is 0. The third-order valence-electron chi connectivity index (χ3n) is 0.339. The topological polar surface area (TPSA) is 46.5 Å². The molecule has 0 amide bonds. The molecule has 3 nitrogen and oxygen atoms in total. The fourth-order valence-corrected chi connectivity index (χ4v) is 0. The van der Waals surface area contributed by atoms with Crippen molar-refractivity contribution >= 4 is 7.60 Å².